The number of nitrogens with one attached hydrogen (secondary N) is 1. The predicted octanol–water partition coefficient (Wildman–Crippen LogP) is 3.67. The molecule has 1 N–H and O–H groups in total. The smallest absolute Gasteiger partial charge is 0.244 e. The van der Waals surface area contributed by atoms with Crippen molar-refractivity contribution in [3.8, 4) is 0 Å². The molecule has 2 amide bonds. The number of nitrogens with zero attached hydrogens (tertiary/aromatic N) is 1. The van der Waals surface area contributed by atoms with Gasteiger partial charge in [0.1, 0.15) is 0 Å². The number of hydrogen-bond acceptors (Lipinski definition) is 2. The van der Waals surface area contributed by atoms with Gasteiger partial charge < -0.3 is 10.2 Å². The van der Waals surface area contributed by atoms with Gasteiger partial charge in [0.25, 0.3) is 0 Å². The molecular formula is C18H23BrN2O2. The minimum absolute atomic E-state index is 0.0878. The van der Waals surface area contributed by atoms with E-state index in [1.807, 2.05) is 24.3 Å². The molecule has 0 saturated heterocycles. The summed E-state index contributed by atoms with van der Waals surface area (Å²) >= 11 is 3.40. The summed E-state index contributed by atoms with van der Waals surface area (Å²) in [5.41, 5.74) is 0.728. The van der Waals surface area contributed by atoms with E-state index in [1.54, 1.807) is 11.9 Å². The lowest BCUT2D eigenvalue weighted by molar-refractivity contribution is -0.134. The zero-order chi connectivity index (χ0) is 16.4. The fourth-order valence-corrected chi connectivity index (χ4v) is 4.45. The molecule has 0 spiro atoms. The summed E-state index contributed by atoms with van der Waals surface area (Å²) in [6.07, 6.45) is 5.74. The molecule has 0 unspecified atom stereocenters. The van der Waals surface area contributed by atoms with Gasteiger partial charge in [-0.15, -0.1) is 0 Å². The molecule has 5 heteroatoms. The standard InChI is InChI=1S/C18H23BrN2O2/c1-21(11-17(22)20-16-5-3-2-4-15(16)19)18(23)10-14-9-12-6-7-13(14)8-12/h2-5,12-14H,6-11H2,1H3,(H,20,22)/t12-,13+,14-/m0/s1. The highest BCUT2D eigenvalue weighted by molar-refractivity contribution is 9.10. The van der Waals surface area contributed by atoms with E-state index < -0.39 is 0 Å². The topological polar surface area (TPSA) is 49.4 Å². The highest BCUT2D eigenvalue weighted by Gasteiger charge is 2.40. The number of fused-ring (bicyclic) bond motifs is 2. The van der Waals surface area contributed by atoms with Crippen LogP contribution in [0.15, 0.2) is 28.7 Å². The highest BCUT2D eigenvalue weighted by atomic mass is 79.9. The van der Waals surface area contributed by atoms with Crippen molar-refractivity contribution in [2.75, 3.05) is 18.9 Å². The molecule has 4 nitrogen and oxygen atoms in total. The Kier molecular flexibility index (Phi) is 5.05. The van der Waals surface area contributed by atoms with E-state index in [0.29, 0.717) is 12.3 Å². The number of carbonyl (C=O) groups is 2. The molecule has 0 aliphatic heterocycles. The number of rotatable bonds is 5. The number of amides is 2. The van der Waals surface area contributed by atoms with Crippen LogP contribution in [0, 0.1) is 17.8 Å². The first-order chi connectivity index (χ1) is 11.0. The van der Waals surface area contributed by atoms with Crippen LogP contribution in [0.2, 0.25) is 0 Å². The summed E-state index contributed by atoms with van der Waals surface area (Å²) in [6, 6.07) is 7.47. The van der Waals surface area contributed by atoms with Gasteiger partial charge in [-0.3, -0.25) is 9.59 Å². The first-order valence-electron chi connectivity index (χ1n) is 8.31. The molecule has 124 valence electrons. The molecule has 1 aromatic rings. The second-order valence-corrected chi connectivity index (χ2v) is 7.77. The van der Waals surface area contributed by atoms with Crippen LogP contribution < -0.4 is 5.32 Å². The SMILES string of the molecule is CN(CC(=O)Nc1ccccc1Br)C(=O)C[C@@H]1C[C@H]2CC[C@@H]1C2. The van der Waals surface area contributed by atoms with Crippen LogP contribution in [0.1, 0.15) is 32.1 Å². The van der Waals surface area contributed by atoms with E-state index in [4.69, 9.17) is 0 Å². The fraction of sp³-hybridized carbons (Fsp3) is 0.556. The van der Waals surface area contributed by atoms with E-state index in [1.165, 1.54) is 25.7 Å². The maximum absolute atomic E-state index is 12.4. The molecule has 2 aliphatic rings. The van der Waals surface area contributed by atoms with E-state index in [2.05, 4.69) is 21.2 Å². The number of halogens is 1. The minimum atomic E-state index is -0.166. The fourth-order valence-electron chi connectivity index (χ4n) is 4.06. The molecule has 2 aliphatic carbocycles. The Morgan fingerprint density at radius 2 is 2.04 bits per heavy atom. The first kappa shape index (κ1) is 16.5. The number of benzene rings is 1. The van der Waals surface area contributed by atoms with Crippen molar-refractivity contribution in [1.29, 1.82) is 0 Å². The molecule has 1 aromatic carbocycles. The van der Waals surface area contributed by atoms with E-state index in [9.17, 15) is 9.59 Å². The highest BCUT2D eigenvalue weighted by Crippen LogP contribution is 2.49. The maximum Gasteiger partial charge on any atom is 0.244 e. The average molecular weight is 379 g/mol. The van der Waals surface area contributed by atoms with Crippen LogP contribution in [0.3, 0.4) is 0 Å². The third-order valence-corrected chi connectivity index (χ3v) is 5.97. The lowest BCUT2D eigenvalue weighted by atomic mass is 9.86. The molecule has 2 bridgehead atoms. The lowest BCUT2D eigenvalue weighted by Crippen LogP contribution is -2.36. The lowest BCUT2D eigenvalue weighted by Gasteiger charge is -2.24. The van der Waals surface area contributed by atoms with Gasteiger partial charge in [0.2, 0.25) is 11.8 Å². The molecule has 0 radical (unpaired) electrons. The Labute approximate surface area is 145 Å². The van der Waals surface area contributed by atoms with E-state index >= 15 is 0 Å². The van der Waals surface area contributed by atoms with Crippen LogP contribution in [0.25, 0.3) is 0 Å². The van der Waals surface area contributed by atoms with Crippen molar-refractivity contribution < 1.29 is 9.59 Å². The van der Waals surface area contributed by atoms with E-state index in [0.717, 1.165) is 22.0 Å². The van der Waals surface area contributed by atoms with Crippen molar-refractivity contribution in [3.05, 3.63) is 28.7 Å². The van der Waals surface area contributed by atoms with Crippen LogP contribution in [-0.4, -0.2) is 30.3 Å². The Hall–Kier alpha value is -1.36. The third-order valence-electron chi connectivity index (χ3n) is 5.28. The first-order valence-corrected chi connectivity index (χ1v) is 9.10. The molecule has 23 heavy (non-hydrogen) atoms. The van der Waals surface area contributed by atoms with E-state index in [-0.39, 0.29) is 18.4 Å². The largest absolute Gasteiger partial charge is 0.336 e. The number of para-hydroxylation sites is 1. The van der Waals surface area contributed by atoms with Gasteiger partial charge in [0, 0.05) is 17.9 Å². The van der Waals surface area contributed by atoms with Crippen molar-refractivity contribution in [3.63, 3.8) is 0 Å². The van der Waals surface area contributed by atoms with Gasteiger partial charge in [-0.2, -0.15) is 0 Å². The summed E-state index contributed by atoms with van der Waals surface area (Å²) in [7, 11) is 1.72. The summed E-state index contributed by atoms with van der Waals surface area (Å²) in [4.78, 5) is 26.0. The van der Waals surface area contributed by atoms with Crippen LogP contribution in [0.5, 0.6) is 0 Å². The van der Waals surface area contributed by atoms with Crippen LogP contribution >= 0.6 is 15.9 Å². The molecule has 2 fully saturated rings. The van der Waals surface area contributed by atoms with Crippen molar-refractivity contribution in [2.45, 2.75) is 32.1 Å². The Balaban J connectivity index is 1.48. The Bertz CT molecular complexity index is 604. The van der Waals surface area contributed by atoms with Gasteiger partial charge in [0.05, 0.1) is 12.2 Å². The zero-order valence-electron chi connectivity index (χ0n) is 13.4. The molecule has 3 atom stereocenters. The second-order valence-electron chi connectivity index (χ2n) is 6.92. The van der Waals surface area contributed by atoms with Gasteiger partial charge >= 0.3 is 0 Å². The minimum Gasteiger partial charge on any atom is -0.336 e. The van der Waals surface area contributed by atoms with Gasteiger partial charge in [-0.05, 0) is 65.1 Å². The van der Waals surface area contributed by atoms with Gasteiger partial charge in [0.15, 0.2) is 0 Å². The number of likely N-dealkylation sites (N-methyl/N-ethyl adjacent to an activating group) is 1. The summed E-state index contributed by atoms with van der Waals surface area (Å²) in [5, 5.41) is 2.84. The average Bonchev–Trinajstić information content (AvgIpc) is 3.12. The summed E-state index contributed by atoms with van der Waals surface area (Å²) in [5.74, 6) is 2.05. The molecule has 3 rings (SSSR count). The Morgan fingerprint density at radius 3 is 2.70 bits per heavy atom. The van der Waals surface area contributed by atoms with Gasteiger partial charge in [-0.25, -0.2) is 0 Å². The van der Waals surface area contributed by atoms with Crippen LogP contribution in [0.4, 0.5) is 5.69 Å². The Morgan fingerprint density at radius 1 is 1.26 bits per heavy atom. The van der Waals surface area contributed by atoms with Crippen molar-refractivity contribution in [2.24, 2.45) is 17.8 Å². The zero-order valence-corrected chi connectivity index (χ0v) is 15.0. The number of carbonyl (C=O) groups excluding carboxylic acids is 2. The number of hydrogen-bond donors (Lipinski definition) is 1. The summed E-state index contributed by atoms with van der Waals surface area (Å²) in [6.45, 7) is 0.0982. The quantitative estimate of drug-likeness (QED) is 0.849. The summed E-state index contributed by atoms with van der Waals surface area (Å²) < 4.78 is 0.837. The van der Waals surface area contributed by atoms with Crippen molar-refractivity contribution in [1.82, 2.24) is 4.90 Å². The molecule has 0 heterocycles. The molecular weight excluding hydrogens is 356 g/mol. The second kappa shape index (κ2) is 7.04. The van der Waals surface area contributed by atoms with Gasteiger partial charge in [-0.1, -0.05) is 18.6 Å². The normalized spacial score (nSPS) is 25.4. The van der Waals surface area contributed by atoms with Crippen molar-refractivity contribution >= 4 is 33.4 Å². The van der Waals surface area contributed by atoms with Crippen LogP contribution in [-0.2, 0) is 9.59 Å². The third kappa shape index (κ3) is 3.94. The molecule has 2 saturated carbocycles. The molecule has 0 aromatic heterocycles. The monoisotopic (exact) mass is 378 g/mol. The maximum atomic E-state index is 12.4. The predicted molar refractivity (Wildman–Crippen MR) is 94.0 cm³/mol. The number of anilines is 1.